The zero-order valence-electron chi connectivity index (χ0n) is 7.06. The molecule has 0 unspecified atom stereocenters. The van der Waals surface area contributed by atoms with E-state index in [0.717, 1.165) is 0 Å². The van der Waals surface area contributed by atoms with Crippen molar-refractivity contribution in [1.82, 2.24) is 0 Å². The van der Waals surface area contributed by atoms with Gasteiger partial charge in [0.1, 0.15) is 0 Å². The largest absolute Gasteiger partial charge is 3.00 e. The Kier molecular flexibility index (Phi) is 22.6. The van der Waals surface area contributed by atoms with Gasteiger partial charge in [-0.15, -0.1) is 0 Å². The quantitative estimate of drug-likeness (QED) is 0.254. The molecule has 0 spiro atoms. The summed E-state index contributed by atoms with van der Waals surface area (Å²) in [5.41, 5.74) is 0. The summed E-state index contributed by atoms with van der Waals surface area (Å²) in [6.07, 6.45) is 0. The second-order valence-corrected chi connectivity index (χ2v) is 4.22. The van der Waals surface area contributed by atoms with Crippen LogP contribution in [0.15, 0.2) is 0 Å². The molecule has 0 aliphatic carbocycles. The predicted octanol–water partition coefficient (Wildman–Crippen LogP) is -6.58. The van der Waals surface area contributed by atoms with Gasteiger partial charge in [-0.1, -0.05) is 0 Å². The van der Waals surface area contributed by atoms with Crippen LogP contribution in [0.3, 0.4) is 0 Å². The molecule has 3 N–H and O–H groups in total. The first kappa shape index (κ1) is 31.0. The Labute approximate surface area is 115 Å². The number of phosphoric acid groups is 3. The van der Waals surface area contributed by atoms with Crippen LogP contribution in [-0.4, -0.2) is 14.7 Å². The maximum absolute atomic E-state index is 8.66. The maximum atomic E-state index is 8.66. The van der Waals surface area contributed by atoms with Crippen molar-refractivity contribution >= 4 is 23.5 Å². The number of rotatable bonds is 0. The summed E-state index contributed by atoms with van der Waals surface area (Å²) >= 11 is 0. The Balaban J connectivity index is -0.0000000400. The Morgan fingerprint density at radius 1 is 0.529 bits per heavy atom. The SMILES string of the molecule is O=P([O-])([O-])O.O=P([O-])([O-])O.O=P([O-])([O-])O.[Fe+3].[Fe+3]. The molecule has 0 amide bonds. The average molecular weight is 400 g/mol. The van der Waals surface area contributed by atoms with Gasteiger partial charge in [-0.05, 0) is 0 Å². The molecule has 17 heavy (non-hydrogen) atoms. The van der Waals surface area contributed by atoms with E-state index in [9.17, 15) is 0 Å². The second kappa shape index (κ2) is 12.4. The molecule has 0 aromatic carbocycles. The van der Waals surface area contributed by atoms with E-state index in [1.165, 1.54) is 0 Å². The summed E-state index contributed by atoms with van der Waals surface area (Å²) in [6.45, 7) is 0. The Morgan fingerprint density at radius 2 is 0.529 bits per heavy atom. The summed E-state index contributed by atoms with van der Waals surface area (Å²) in [5.74, 6) is 0. The van der Waals surface area contributed by atoms with Crippen molar-refractivity contribution in [3.63, 3.8) is 0 Å². The van der Waals surface area contributed by atoms with Crippen LogP contribution in [0.5, 0.6) is 0 Å². The average Bonchev–Trinajstić information content (AvgIpc) is 1.41. The van der Waals surface area contributed by atoms with E-state index in [1.807, 2.05) is 0 Å². The second-order valence-electron chi connectivity index (χ2n) is 1.41. The predicted molar refractivity (Wildman–Crippen MR) is 29.5 cm³/mol. The molecular weight excluding hydrogens is 397 g/mol. The molecule has 12 nitrogen and oxygen atoms in total. The first-order chi connectivity index (χ1) is 6.00. The Morgan fingerprint density at radius 3 is 0.529 bits per heavy atom. The molecule has 0 saturated carbocycles. The molecule has 0 heterocycles. The summed E-state index contributed by atoms with van der Waals surface area (Å²) in [7, 11) is -15.4. The number of hydrogen-bond acceptors (Lipinski definition) is 9. The molecule has 2 radical (unpaired) electrons. The molecule has 0 aromatic heterocycles. The zero-order chi connectivity index (χ0) is 13.5. The molecule has 0 aliphatic heterocycles. The minimum Gasteiger partial charge on any atom is -0.790 e. The molecule has 0 bridgehead atoms. The van der Waals surface area contributed by atoms with Gasteiger partial charge in [-0.25, -0.2) is 0 Å². The first-order valence-electron chi connectivity index (χ1n) is 2.24. The molecule has 0 saturated heterocycles. The van der Waals surface area contributed by atoms with Gasteiger partial charge in [0.2, 0.25) is 0 Å². The van der Waals surface area contributed by atoms with E-state index < -0.39 is 23.5 Å². The summed E-state index contributed by atoms with van der Waals surface area (Å²) in [5, 5.41) is 0. The van der Waals surface area contributed by atoms with Gasteiger partial charge in [0.15, 0.2) is 0 Å². The van der Waals surface area contributed by atoms with Gasteiger partial charge in [-0.2, -0.15) is 0 Å². The van der Waals surface area contributed by atoms with Crippen molar-refractivity contribution < 1.29 is 91.9 Å². The molecule has 0 rings (SSSR count). The van der Waals surface area contributed by atoms with E-state index in [4.69, 9.17) is 57.7 Å². The first-order valence-corrected chi connectivity index (χ1v) is 6.73. The Hall–Kier alpha value is 1.37. The van der Waals surface area contributed by atoms with Crippen LogP contribution in [0.1, 0.15) is 0 Å². The van der Waals surface area contributed by atoms with Crippen molar-refractivity contribution in [3.8, 4) is 0 Å². The molecule has 0 fully saturated rings. The molecule has 0 aromatic rings. The molecule has 106 valence electrons. The van der Waals surface area contributed by atoms with Gasteiger partial charge in [0.05, 0.1) is 23.5 Å². The third-order valence-corrected chi connectivity index (χ3v) is 0. The zero-order valence-corrected chi connectivity index (χ0v) is 12.0. The van der Waals surface area contributed by atoms with Crippen molar-refractivity contribution in [3.05, 3.63) is 0 Å². The summed E-state index contributed by atoms with van der Waals surface area (Å²) in [4.78, 5) is 72.9. The van der Waals surface area contributed by atoms with E-state index in [1.54, 1.807) is 0 Å². The normalized spacial score (nSPS) is 10.4. The molecule has 17 heteroatoms. The van der Waals surface area contributed by atoms with Crippen LogP contribution in [0.25, 0.3) is 0 Å². The third kappa shape index (κ3) is 2190. The monoisotopic (exact) mass is 400 g/mol. The standard InChI is InChI=1S/2Fe.3H3O4P/c;;3*1-5(2,3)4/h;;3*(H3,1,2,3,4)/q2*+3;;;/p-6. The van der Waals surface area contributed by atoms with Crippen LogP contribution < -0.4 is 29.4 Å². The van der Waals surface area contributed by atoms with E-state index in [0.29, 0.717) is 0 Å². The molecular formula is H3Fe2O12P3. The van der Waals surface area contributed by atoms with Crippen LogP contribution in [0.4, 0.5) is 0 Å². The van der Waals surface area contributed by atoms with Crippen molar-refractivity contribution in [2.75, 3.05) is 0 Å². The maximum Gasteiger partial charge on any atom is 3.00 e. The third-order valence-electron chi connectivity index (χ3n) is 0. The van der Waals surface area contributed by atoms with Crippen molar-refractivity contribution in [1.29, 1.82) is 0 Å². The topological polar surface area (TPSA) is 250 Å². The fraction of sp³-hybridized carbons (Fsp3) is 0. The van der Waals surface area contributed by atoms with Crippen LogP contribution in [-0.2, 0) is 47.8 Å². The van der Waals surface area contributed by atoms with E-state index in [-0.39, 0.29) is 34.1 Å². The summed E-state index contributed by atoms with van der Waals surface area (Å²) < 4.78 is 26.0. The van der Waals surface area contributed by atoms with Gasteiger partial charge in [0, 0.05) is 0 Å². The van der Waals surface area contributed by atoms with Crippen LogP contribution >= 0.6 is 23.5 Å². The van der Waals surface area contributed by atoms with Gasteiger partial charge in [0.25, 0.3) is 0 Å². The fourth-order valence-electron chi connectivity index (χ4n) is 0. The Bertz CT molecular complexity index is 206. The summed E-state index contributed by atoms with van der Waals surface area (Å²) in [6, 6.07) is 0. The van der Waals surface area contributed by atoms with Gasteiger partial charge < -0.3 is 57.7 Å². The van der Waals surface area contributed by atoms with Crippen LogP contribution in [0.2, 0.25) is 0 Å². The van der Waals surface area contributed by atoms with Gasteiger partial charge >= 0.3 is 34.1 Å². The van der Waals surface area contributed by atoms with E-state index in [2.05, 4.69) is 0 Å². The smallest absolute Gasteiger partial charge is 0.790 e. The fourth-order valence-corrected chi connectivity index (χ4v) is 0. The minimum atomic E-state index is -5.14. The van der Waals surface area contributed by atoms with Crippen molar-refractivity contribution in [2.45, 2.75) is 0 Å². The molecule has 0 atom stereocenters. The van der Waals surface area contributed by atoms with Gasteiger partial charge in [-0.3, -0.25) is 0 Å². The minimum absolute atomic E-state index is 0. The van der Waals surface area contributed by atoms with Crippen LogP contribution in [0, 0.1) is 0 Å². The molecule has 0 aliphatic rings. The number of hydrogen-bond donors (Lipinski definition) is 3. The van der Waals surface area contributed by atoms with Crippen molar-refractivity contribution in [2.24, 2.45) is 0 Å². The van der Waals surface area contributed by atoms with E-state index >= 15 is 0 Å².